The lowest BCUT2D eigenvalue weighted by Crippen LogP contribution is -2.30. The van der Waals surface area contributed by atoms with Crippen molar-refractivity contribution >= 4 is 17.5 Å². The fraction of sp³-hybridized carbons (Fsp3) is 0.300. The van der Waals surface area contributed by atoms with Crippen molar-refractivity contribution in [3.8, 4) is 0 Å². The second-order valence-electron chi connectivity index (χ2n) is 6.43. The summed E-state index contributed by atoms with van der Waals surface area (Å²) in [5.41, 5.74) is 8.95. The van der Waals surface area contributed by atoms with Crippen LogP contribution in [0.25, 0.3) is 0 Å². The number of carbonyl (C=O) groups excluding carboxylic acids is 2. The molecule has 1 aliphatic carbocycles. The third-order valence-electron chi connectivity index (χ3n) is 4.41. The molecular weight excluding hydrogens is 314 g/mol. The van der Waals surface area contributed by atoms with Crippen molar-refractivity contribution in [2.75, 3.05) is 5.32 Å². The molecule has 3 rings (SSSR count). The van der Waals surface area contributed by atoms with E-state index < -0.39 is 0 Å². The Kier molecular flexibility index (Phi) is 5.14. The Morgan fingerprint density at radius 2 is 1.64 bits per heavy atom. The Bertz CT molecular complexity index is 750. The van der Waals surface area contributed by atoms with E-state index in [4.69, 9.17) is 5.73 Å². The van der Waals surface area contributed by atoms with Gasteiger partial charge in [-0.1, -0.05) is 24.3 Å². The molecule has 0 saturated heterocycles. The maximum atomic E-state index is 12.3. The molecule has 3 N–H and O–H groups in total. The van der Waals surface area contributed by atoms with Gasteiger partial charge in [-0.15, -0.1) is 0 Å². The molecule has 5 heteroatoms. The fourth-order valence-corrected chi connectivity index (χ4v) is 2.77. The summed E-state index contributed by atoms with van der Waals surface area (Å²) < 4.78 is 0. The molecular formula is C20H23N3O2. The minimum Gasteiger partial charge on any atom is -0.336 e. The zero-order chi connectivity index (χ0) is 17.8. The van der Waals surface area contributed by atoms with Gasteiger partial charge in [-0.2, -0.15) is 0 Å². The van der Waals surface area contributed by atoms with Crippen LogP contribution in [0.2, 0.25) is 0 Å². The van der Waals surface area contributed by atoms with Gasteiger partial charge in [-0.3, -0.25) is 9.59 Å². The van der Waals surface area contributed by atoms with Crippen LogP contribution < -0.4 is 11.1 Å². The van der Waals surface area contributed by atoms with Crippen molar-refractivity contribution < 1.29 is 9.59 Å². The first-order valence-electron chi connectivity index (χ1n) is 8.53. The first-order chi connectivity index (χ1) is 12.1. The summed E-state index contributed by atoms with van der Waals surface area (Å²) in [6.07, 6.45) is 2.19. The number of nitrogens with one attached hydrogen (secondary N) is 1. The summed E-state index contributed by atoms with van der Waals surface area (Å²) >= 11 is 0. The zero-order valence-electron chi connectivity index (χ0n) is 14.4. The van der Waals surface area contributed by atoms with Crippen LogP contribution in [0, 0.1) is 0 Å². The second-order valence-corrected chi connectivity index (χ2v) is 6.43. The monoisotopic (exact) mass is 337 g/mol. The van der Waals surface area contributed by atoms with Gasteiger partial charge in [0.15, 0.2) is 0 Å². The summed E-state index contributed by atoms with van der Waals surface area (Å²) in [4.78, 5) is 25.9. The number of amides is 2. The lowest BCUT2D eigenvalue weighted by atomic mass is 10.1. The topological polar surface area (TPSA) is 75.4 Å². The molecule has 130 valence electrons. The number of carbonyl (C=O) groups is 2. The summed E-state index contributed by atoms with van der Waals surface area (Å²) in [6, 6.07) is 15.3. The van der Waals surface area contributed by atoms with Crippen LogP contribution in [0.1, 0.15) is 41.3 Å². The smallest absolute Gasteiger partial charge is 0.255 e. The van der Waals surface area contributed by atoms with Crippen molar-refractivity contribution in [2.45, 2.75) is 38.9 Å². The molecule has 1 aliphatic rings. The highest BCUT2D eigenvalue weighted by atomic mass is 16.2. The average molecular weight is 337 g/mol. The van der Waals surface area contributed by atoms with Crippen molar-refractivity contribution in [3.05, 3.63) is 65.2 Å². The Morgan fingerprint density at radius 1 is 1.04 bits per heavy atom. The maximum absolute atomic E-state index is 12.3. The molecule has 0 bridgehead atoms. The maximum Gasteiger partial charge on any atom is 0.255 e. The zero-order valence-corrected chi connectivity index (χ0v) is 14.4. The summed E-state index contributed by atoms with van der Waals surface area (Å²) in [5.74, 6) is -0.0412. The summed E-state index contributed by atoms with van der Waals surface area (Å²) in [5, 5.41) is 2.88. The van der Waals surface area contributed by atoms with E-state index in [1.54, 1.807) is 19.1 Å². The van der Waals surface area contributed by atoms with Crippen LogP contribution in [-0.4, -0.2) is 22.8 Å². The van der Waals surface area contributed by atoms with E-state index in [0.717, 1.165) is 29.7 Å². The number of hydrogen-bond donors (Lipinski definition) is 2. The van der Waals surface area contributed by atoms with E-state index in [-0.39, 0.29) is 11.8 Å². The number of nitrogens with two attached hydrogens (primary N) is 1. The minimum atomic E-state index is -0.153. The van der Waals surface area contributed by atoms with E-state index in [1.165, 1.54) is 0 Å². The Morgan fingerprint density at radius 3 is 2.16 bits per heavy atom. The Hall–Kier alpha value is -2.66. The van der Waals surface area contributed by atoms with Crippen LogP contribution >= 0.6 is 0 Å². The summed E-state index contributed by atoms with van der Waals surface area (Å²) in [6.45, 7) is 2.69. The number of nitrogens with zero attached hydrogens (tertiary/aromatic N) is 1. The standard InChI is InChI=1S/C20H23N3O2/c1-14(24)23(19-10-11-19)13-16-4-8-18(9-5-16)22-20(25)17-6-2-15(12-21)3-7-17/h2-9,19H,10-13,21H2,1H3,(H,22,25). The van der Waals surface area contributed by atoms with Gasteiger partial charge in [0.25, 0.3) is 5.91 Å². The van der Waals surface area contributed by atoms with Crippen LogP contribution in [0.5, 0.6) is 0 Å². The molecule has 0 aromatic heterocycles. The first kappa shape index (κ1) is 17.2. The predicted molar refractivity (Wildman–Crippen MR) is 98.0 cm³/mol. The van der Waals surface area contributed by atoms with Crippen LogP contribution in [0.15, 0.2) is 48.5 Å². The molecule has 0 unspecified atom stereocenters. The van der Waals surface area contributed by atoms with Crippen LogP contribution in [0.4, 0.5) is 5.69 Å². The molecule has 25 heavy (non-hydrogen) atoms. The third kappa shape index (κ3) is 4.45. The SMILES string of the molecule is CC(=O)N(Cc1ccc(NC(=O)c2ccc(CN)cc2)cc1)C1CC1. The van der Waals surface area contributed by atoms with E-state index in [9.17, 15) is 9.59 Å². The molecule has 0 spiro atoms. The van der Waals surface area contributed by atoms with E-state index in [0.29, 0.717) is 24.7 Å². The molecule has 2 aromatic rings. The molecule has 0 atom stereocenters. The van der Waals surface area contributed by atoms with Gasteiger partial charge in [0.1, 0.15) is 0 Å². The van der Waals surface area contributed by atoms with E-state index >= 15 is 0 Å². The molecule has 1 fully saturated rings. The van der Waals surface area contributed by atoms with Crippen molar-refractivity contribution in [1.82, 2.24) is 4.90 Å². The average Bonchev–Trinajstić information content (AvgIpc) is 3.45. The lowest BCUT2D eigenvalue weighted by molar-refractivity contribution is -0.130. The third-order valence-corrected chi connectivity index (χ3v) is 4.41. The molecule has 5 nitrogen and oxygen atoms in total. The normalized spacial score (nSPS) is 13.4. The number of anilines is 1. The highest BCUT2D eigenvalue weighted by Crippen LogP contribution is 2.28. The number of hydrogen-bond acceptors (Lipinski definition) is 3. The second kappa shape index (κ2) is 7.49. The Labute approximate surface area is 147 Å². The Balaban J connectivity index is 1.61. The van der Waals surface area contributed by atoms with E-state index in [1.807, 2.05) is 41.3 Å². The van der Waals surface area contributed by atoms with Gasteiger partial charge in [-0.25, -0.2) is 0 Å². The van der Waals surface area contributed by atoms with E-state index in [2.05, 4.69) is 5.32 Å². The number of benzene rings is 2. The number of rotatable bonds is 6. The highest BCUT2D eigenvalue weighted by molar-refractivity contribution is 6.04. The predicted octanol–water partition coefficient (Wildman–Crippen LogP) is 2.91. The fourth-order valence-electron chi connectivity index (χ4n) is 2.77. The highest BCUT2D eigenvalue weighted by Gasteiger charge is 2.30. The molecule has 2 aromatic carbocycles. The first-order valence-corrected chi connectivity index (χ1v) is 8.53. The van der Waals surface area contributed by atoms with Crippen molar-refractivity contribution in [1.29, 1.82) is 0 Å². The van der Waals surface area contributed by atoms with Gasteiger partial charge < -0.3 is 16.0 Å². The molecule has 0 aliphatic heterocycles. The summed E-state index contributed by atoms with van der Waals surface area (Å²) in [7, 11) is 0. The van der Waals surface area contributed by atoms with Gasteiger partial charge in [0.05, 0.1) is 0 Å². The molecule has 2 amide bonds. The quantitative estimate of drug-likeness (QED) is 0.851. The van der Waals surface area contributed by atoms with Gasteiger partial charge in [0, 0.05) is 37.3 Å². The van der Waals surface area contributed by atoms with Crippen LogP contribution in [-0.2, 0) is 17.9 Å². The van der Waals surface area contributed by atoms with Gasteiger partial charge >= 0.3 is 0 Å². The molecule has 1 saturated carbocycles. The molecule has 0 radical (unpaired) electrons. The molecule has 0 heterocycles. The minimum absolute atomic E-state index is 0.112. The van der Waals surface area contributed by atoms with Gasteiger partial charge in [0.2, 0.25) is 5.91 Å². The van der Waals surface area contributed by atoms with Crippen molar-refractivity contribution in [3.63, 3.8) is 0 Å². The lowest BCUT2D eigenvalue weighted by Gasteiger charge is -2.20. The van der Waals surface area contributed by atoms with Crippen LogP contribution in [0.3, 0.4) is 0 Å². The van der Waals surface area contributed by atoms with Gasteiger partial charge in [-0.05, 0) is 48.2 Å². The van der Waals surface area contributed by atoms with Crippen molar-refractivity contribution in [2.24, 2.45) is 5.73 Å². The largest absolute Gasteiger partial charge is 0.336 e.